The van der Waals surface area contributed by atoms with Crippen LogP contribution in [-0.2, 0) is 4.79 Å². The van der Waals surface area contributed by atoms with E-state index in [0.717, 1.165) is 0 Å². The van der Waals surface area contributed by atoms with Crippen molar-refractivity contribution >= 4 is 17.5 Å². The molecule has 0 aromatic heterocycles. The summed E-state index contributed by atoms with van der Waals surface area (Å²) in [6.45, 7) is 5.75. The number of carbonyl (C=O) groups is 1. The highest BCUT2D eigenvalue weighted by Crippen LogP contribution is 2.19. The van der Waals surface area contributed by atoms with Crippen molar-refractivity contribution in [3.05, 3.63) is 29.3 Å². The highest BCUT2D eigenvalue weighted by molar-refractivity contribution is 6.30. The van der Waals surface area contributed by atoms with Crippen LogP contribution in [0.15, 0.2) is 24.3 Å². The van der Waals surface area contributed by atoms with Crippen LogP contribution in [0.4, 0.5) is 0 Å². The topological polar surface area (TPSA) is 38.3 Å². The minimum atomic E-state index is -0.476. The third kappa shape index (κ3) is 4.65. The Morgan fingerprint density at radius 2 is 2.18 bits per heavy atom. The maximum absolute atomic E-state index is 11.8. The van der Waals surface area contributed by atoms with Crippen molar-refractivity contribution in [3.8, 4) is 5.75 Å². The third-order valence-corrected chi connectivity index (χ3v) is 2.40. The summed E-state index contributed by atoms with van der Waals surface area (Å²) in [5.41, 5.74) is 0. The third-order valence-electron chi connectivity index (χ3n) is 2.17. The number of rotatable bonds is 5. The van der Waals surface area contributed by atoms with Gasteiger partial charge in [0, 0.05) is 11.1 Å². The highest BCUT2D eigenvalue weighted by atomic mass is 35.5. The minimum Gasteiger partial charge on any atom is -0.481 e. The van der Waals surface area contributed by atoms with Crippen molar-refractivity contribution in [2.75, 3.05) is 0 Å². The van der Waals surface area contributed by atoms with Crippen molar-refractivity contribution in [2.45, 2.75) is 39.3 Å². The summed E-state index contributed by atoms with van der Waals surface area (Å²) >= 11 is 5.85. The van der Waals surface area contributed by atoms with Crippen LogP contribution in [0.3, 0.4) is 0 Å². The number of ether oxygens (including phenoxy) is 1. The Kier molecular flexibility index (Phi) is 5.29. The fourth-order valence-electron chi connectivity index (χ4n) is 1.40. The second kappa shape index (κ2) is 6.50. The number of halogens is 1. The fraction of sp³-hybridized carbons (Fsp3) is 0.462. The molecule has 4 heteroatoms. The standard InChI is InChI=1S/C13H18ClNO2/c1-4-12(13(16)15-9(2)3)17-11-7-5-6-10(14)8-11/h5-9,12H,4H2,1-3H3,(H,15,16)/t12-/m0/s1. The van der Waals surface area contributed by atoms with Gasteiger partial charge in [-0.05, 0) is 38.5 Å². The lowest BCUT2D eigenvalue weighted by atomic mass is 10.2. The van der Waals surface area contributed by atoms with E-state index in [-0.39, 0.29) is 11.9 Å². The molecule has 0 unspecified atom stereocenters. The Morgan fingerprint density at radius 3 is 2.71 bits per heavy atom. The molecule has 0 spiro atoms. The van der Waals surface area contributed by atoms with Crippen LogP contribution < -0.4 is 10.1 Å². The SMILES string of the molecule is CC[C@H](Oc1cccc(Cl)c1)C(=O)NC(C)C. The number of hydrogen-bond donors (Lipinski definition) is 1. The van der Waals surface area contributed by atoms with Gasteiger partial charge in [0.05, 0.1) is 0 Å². The van der Waals surface area contributed by atoms with Gasteiger partial charge in [0.2, 0.25) is 0 Å². The van der Waals surface area contributed by atoms with Crippen molar-refractivity contribution in [1.29, 1.82) is 0 Å². The van der Waals surface area contributed by atoms with Gasteiger partial charge in [-0.3, -0.25) is 4.79 Å². The summed E-state index contributed by atoms with van der Waals surface area (Å²) < 4.78 is 5.61. The monoisotopic (exact) mass is 255 g/mol. The second-order valence-corrected chi connectivity index (χ2v) is 4.57. The van der Waals surface area contributed by atoms with Crippen LogP contribution in [0.2, 0.25) is 5.02 Å². The van der Waals surface area contributed by atoms with Crippen LogP contribution in [0.5, 0.6) is 5.75 Å². The second-order valence-electron chi connectivity index (χ2n) is 4.14. The van der Waals surface area contributed by atoms with Gasteiger partial charge < -0.3 is 10.1 Å². The van der Waals surface area contributed by atoms with E-state index in [1.807, 2.05) is 20.8 Å². The first-order chi connectivity index (χ1) is 8.02. The van der Waals surface area contributed by atoms with Crippen LogP contribution in [0, 0.1) is 0 Å². The summed E-state index contributed by atoms with van der Waals surface area (Å²) in [4.78, 5) is 11.8. The highest BCUT2D eigenvalue weighted by Gasteiger charge is 2.18. The normalized spacial score (nSPS) is 12.3. The lowest BCUT2D eigenvalue weighted by Gasteiger charge is -2.18. The molecule has 1 aromatic rings. The molecule has 0 heterocycles. The van der Waals surface area contributed by atoms with Crippen LogP contribution in [-0.4, -0.2) is 18.1 Å². The van der Waals surface area contributed by atoms with Gasteiger partial charge in [-0.1, -0.05) is 24.6 Å². The average molecular weight is 256 g/mol. The quantitative estimate of drug-likeness (QED) is 0.878. The zero-order valence-electron chi connectivity index (χ0n) is 10.4. The van der Waals surface area contributed by atoms with E-state index in [0.29, 0.717) is 17.2 Å². The Morgan fingerprint density at radius 1 is 1.47 bits per heavy atom. The van der Waals surface area contributed by atoms with E-state index in [2.05, 4.69) is 5.32 Å². The zero-order chi connectivity index (χ0) is 12.8. The number of benzene rings is 1. The fourth-order valence-corrected chi connectivity index (χ4v) is 1.58. The molecule has 94 valence electrons. The molecule has 1 atom stereocenters. The molecule has 0 radical (unpaired) electrons. The van der Waals surface area contributed by atoms with E-state index < -0.39 is 6.10 Å². The van der Waals surface area contributed by atoms with Gasteiger partial charge in [-0.25, -0.2) is 0 Å². The molecule has 0 aliphatic heterocycles. The van der Waals surface area contributed by atoms with E-state index in [9.17, 15) is 4.79 Å². The van der Waals surface area contributed by atoms with Crippen LogP contribution >= 0.6 is 11.6 Å². The summed E-state index contributed by atoms with van der Waals surface area (Å²) in [7, 11) is 0. The molecule has 1 aromatic carbocycles. The van der Waals surface area contributed by atoms with E-state index in [4.69, 9.17) is 16.3 Å². The maximum Gasteiger partial charge on any atom is 0.261 e. The van der Waals surface area contributed by atoms with Crippen LogP contribution in [0.1, 0.15) is 27.2 Å². The zero-order valence-corrected chi connectivity index (χ0v) is 11.1. The Labute approximate surface area is 107 Å². The van der Waals surface area contributed by atoms with E-state index in [1.54, 1.807) is 24.3 Å². The predicted molar refractivity (Wildman–Crippen MR) is 69.4 cm³/mol. The lowest BCUT2D eigenvalue weighted by Crippen LogP contribution is -2.41. The summed E-state index contributed by atoms with van der Waals surface area (Å²) in [6, 6.07) is 7.16. The van der Waals surface area contributed by atoms with E-state index >= 15 is 0 Å². The summed E-state index contributed by atoms with van der Waals surface area (Å²) in [5, 5.41) is 3.43. The van der Waals surface area contributed by atoms with Gasteiger partial charge in [0.25, 0.3) is 5.91 Å². The molecular weight excluding hydrogens is 238 g/mol. The molecule has 0 saturated carbocycles. The van der Waals surface area contributed by atoms with Crippen LogP contribution in [0.25, 0.3) is 0 Å². The number of hydrogen-bond acceptors (Lipinski definition) is 2. The van der Waals surface area contributed by atoms with Gasteiger partial charge in [-0.15, -0.1) is 0 Å². The first-order valence-corrected chi connectivity index (χ1v) is 6.13. The smallest absolute Gasteiger partial charge is 0.261 e. The Bertz CT molecular complexity index is 379. The van der Waals surface area contributed by atoms with Gasteiger partial charge in [-0.2, -0.15) is 0 Å². The molecule has 1 N–H and O–H groups in total. The summed E-state index contributed by atoms with van der Waals surface area (Å²) in [6.07, 6.45) is 0.140. The number of carbonyl (C=O) groups excluding carboxylic acids is 1. The average Bonchev–Trinajstić information content (AvgIpc) is 2.24. The molecular formula is C13H18ClNO2. The van der Waals surface area contributed by atoms with Gasteiger partial charge in [0.1, 0.15) is 5.75 Å². The molecule has 1 rings (SSSR count). The first kappa shape index (κ1) is 13.8. The predicted octanol–water partition coefficient (Wildman–Crippen LogP) is 3.02. The lowest BCUT2D eigenvalue weighted by molar-refractivity contribution is -0.128. The maximum atomic E-state index is 11.8. The molecule has 17 heavy (non-hydrogen) atoms. The molecule has 3 nitrogen and oxygen atoms in total. The van der Waals surface area contributed by atoms with Gasteiger partial charge >= 0.3 is 0 Å². The number of amides is 1. The minimum absolute atomic E-state index is 0.0949. The first-order valence-electron chi connectivity index (χ1n) is 5.75. The largest absolute Gasteiger partial charge is 0.481 e. The number of nitrogens with one attached hydrogen (secondary N) is 1. The molecule has 0 saturated heterocycles. The van der Waals surface area contributed by atoms with Crippen molar-refractivity contribution in [1.82, 2.24) is 5.32 Å². The Hall–Kier alpha value is -1.22. The van der Waals surface area contributed by atoms with Crippen molar-refractivity contribution in [2.24, 2.45) is 0 Å². The van der Waals surface area contributed by atoms with Gasteiger partial charge in [0.15, 0.2) is 6.10 Å². The van der Waals surface area contributed by atoms with E-state index in [1.165, 1.54) is 0 Å². The molecule has 0 bridgehead atoms. The molecule has 0 fully saturated rings. The molecule has 1 amide bonds. The molecule has 0 aliphatic carbocycles. The van der Waals surface area contributed by atoms with Crippen molar-refractivity contribution < 1.29 is 9.53 Å². The summed E-state index contributed by atoms with van der Waals surface area (Å²) in [5.74, 6) is 0.519. The molecule has 0 aliphatic rings. The van der Waals surface area contributed by atoms with Crippen molar-refractivity contribution in [3.63, 3.8) is 0 Å². The Balaban J connectivity index is 2.66.